The SMILES string of the molecule is CC(=O)N1Cc2ccccc2C(CC[N+](=O)[O-])C1. The van der Waals surface area contributed by atoms with Crippen molar-refractivity contribution in [2.24, 2.45) is 0 Å². The Morgan fingerprint density at radius 3 is 2.89 bits per heavy atom. The molecule has 0 bridgehead atoms. The number of carbonyl (C=O) groups is 1. The second-order valence-corrected chi connectivity index (χ2v) is 4.64. The number of hydrogen-bond acceptors (Lipinski definition) is 3. The van der Waals surface area contributed by atoms with Crippen LogP contribution in [-0.4, -0.2) is 28.8 Å². The molecule has 0 aliphatic carbocycles. The highest BCUT2D eigenvalue weighted by molar-refractivity contribution is 5.73. The van der Waals surface area contributed by atoms with E-state index in [1.807, 2.05) is 24.3 Å². The van der Waals surface area contributed by atoms with Gasteiger partial charge in [-0.1, -0.05) is 24.3 Å². The first kappa shape index (κ1) is 12.5. The predicted molar refractivity (Wildman–Crippen MR) is 66.8 cm³/mol. The molecule has 0 saturated heterocycles. The van der Waals surface area contributed by atoms with Crippen molar-refractivity contribution in [3.63, 3.8) is 0 Å². The fraction of sp³-hybridized carbons (Fsp3) is 0.462. The Hall–Kier alpha value is -1.91. The number of fused-ring (bicyclic) bond motifs is 1. The van der Waals surface area contributed by atoms with Gasteiger partial charge in [-0.3, -0.25) is 14.9 Å². The molecule has 5 nitrogen and oxygen atoms in total. The molecule has 1 aliphatic rings. The van der Waals surface area contributed by atoms with Crippen molar-refractivity contribution in [2.75, 3.05) is 13.1 Å². The van der Waals surface area contributed by atoms with E-state index in [1.165, 1.54) is 0 Å². The zero-order valence-electron chi connectivity index (χ0n) is 10.3. The van der Waals surface area contributed by atoms with Crippen LogP contribution in [0.3, 0.4) is 0 Å². The molecule has 0 N–H and O–H groups in total. The third-order valence-corrected chi connectivity index (χ3v) is 3.40. The van der Waals surface area contributed by atoms with E-state index >= 15 is 0 Å². The number of hydrogen-bond donors (Lipinski definition) is 0. The van der Waals surface area contributed by atoms with Crippen LogP contribution in [-0.2, 0) is 11.3 Å². The number of nitrogens with zero attached hydrogens (tertiary/aromatic N) is 2. The van der Waals surface area contributed by atoms with Gasteiger partial charge in [0.25, 0.3) is 0 Å². The van der Waals surface area contributed by atoms with Gasteiger partial charge in [-0.25, -0.2) is 0 Å². The lowest BCUT2D eigenvalue weighted by Gasteiger charge is -2.33. The summed E-state index contributed by atoms with van der Waals surface area (Å²) < 4.78 is 0. The lowest BCUT2D eigenvalue weighted by atomic mass is 9.87. The van der Waals surface area contributed by atoms with Crippen molar-refractivity contribution in [2.45, 2.75) is 25.8 Å². The van der Waals surface area contributed by atoms with Gasteiger partial charge in [-0.05, 0) is 11.1 Å². The van der Waals surface area contributed by atoms with Crippen LogP contribution in [0.1, 0.15) is 30.4 Å². The molecular weight excluding hydrogens is 232 g/mol. The minimum Gasteiger partial charge on any atom is -0.338 e. The van der Waals surface area contributed by atoms with Crippen LogP contribution in [0.25, 0.3) is 0 Å². The fourth-order valence-corrected chi connectivity index (χ4v) is 2.46. The summed E-state index contributed by atoms with van der Waals surface area (Å²) in [6.07, 6.45) is 0.480. The Balaban J connectivity index is 2.22. The second-order valence-electron chi connectivity index (χ2n) is 4.64. The van der Waals surface area contributed by atoms with Crippen LogP contribution in [0.2, 0.25) is 0 Å². The first-order chi connectivity index (χ1) is 8.58. The van der Waals surface area contributed by atoms with Gasteiger partial charge in [-0.2, -0.15) is 0 Å². The Kier molecular flexibility index (Phi) is 3.60. The van der Waals surface area contributed by atoms with Crippen LogP contribution >= 0.6 is 0 Å². The molecule has 1 amide bonds. The quantitative estimate of drug-likeness (QED) is 0.605. The summed E-state index contributed by atoms with van der Waals surface area (Å²) in [4.78, 5) is 23.4. The van der Waals surface area contributed by atoms with Crippen molar-refractivity contribution in [1.29, 1.82) is 0 Å². The van der Waals surface area contributed by atoms with Gasteiger partial charge in [0.1, 0.15) is 0 Å². The number of benzene rings is 1. The Morgan fingerprint density at radius 1 is 1.50 bits per heavy atom. The first-order valence-corrected chi connectivity index (χ1v) is 6.03. The van der Waals surface area contributed by atoms with Crippen LogP contribution in [0.5, 0.6) is 0 Å². The smallest absolute Gasteiger partial charge is 0.219 e. The van der Waals surface area contributed by atoms with E-state index in [9.17, 15) is 14.9 Å². The highest BCUT2D eigenvalue weighted by Gasteiger charge is 2.27. The molecule has 96 valence electrons. The van der Waals surface area contributed by atoms with Gasteiger partial charge >= 0.3 is 0 Å². The van der Waals surface area contributed by atoms with Crippen molar-refractivity contribution < 1.29 is 9.72 Å². The number of carbonyl (C=O) groups excluding carboxylic acids is 1. The maximum absolute atomic E-state index is 11.5. The van der Waals surface area contributed by atoms with E-state index in [2.05, 4.69) is 0 Å². The van der Waals surface area contributed by atoms with Crippen LogP contribution in [0, 0.1) is 10.1 Å². The minimum atomic E-state index is -0.296. The summed E-state index contributed by atoms with van der Waals surface area (Å²) in [5, 5.41) is 10.5. The van der Waals surface area contributed by atoms with E-state index in [4.69, 9.17) is 0 Å². The van der Waals surface area contributed by atoms with Gasteiger partial charge in [0, 0.05) is 37.3 Å². The van der Waals surface area contributed by atoms with Gasteiger partial charge < -0.3 is 4.90 Å². The zero-order valence-corrected chi connectivity index (χ0v) is 10.3. The lowest BCUT2D eigenvalue weighted by Crippen LogP contribution is -2.37. The third-order valence-electron chi connectivity index (χ3n) is 3.40. The average molecular weight is 248 g/mol. The Morgan fingerprint density at radius 2 is 2.22 bits per heavy atom. The number of nitro groups is 1. The molecule has 0 aromatic heterocycles. The number of rotatable bonds is 3. The summed E-state index contributed by atoms with van der Waals surface area (Å²) in [6, 6.07) is 7.88. The summed E-state index contributed by atoms with van der Waals surface area (Å²) in [6.45, 7) is 2.68. The average Bonchev–Trinajstić information content (AvgIpc) is 2.35. The molecule has 0 radical (unpaired) electrons. The van der Waals surface area contributed by atoms with Crippen LogP contribution in [0.4, 0.5) is 0 Å². The van der Waals surface area contributed by atoms with Gasteiger partial charge in [0.2, 0.25) is 12.5 Å². The minimum absolute atomic E-state index is 0.0237. The van der Waals surface area contributed by atoms with Crippen LogP contribution < -0.4 is 0 Å². The molecule has 5 heteroatoms. The van der Waals surface area contributed by atoms with E-state index in [-0.39, 0.29) is 23.3 Å². The maximum Gasteiger partial charge on any atom is 0.219 e. The summed E-state index contributed by atoms with van der Waals surface area (Å²) >= 11 is 0. The number of amides is 1. The Bertz CT molecular complexity index is 473. The lowest BCUT2D eigenvalue weighted by molar-refractivity contribution is -0.481. The Labute approximate surface area is 106 Å². The van der Waals surface area contributed by atoms with E-state index in [0.717, 1.165) is 11.1 Å². The summed E-state index contributed by atoms with van der Waals surface area (Å²) in [7, 11) is 0. The van der Waals surface area contributed by atoms with Gasteiger partial charge in [0.05, 0.1) is 0 Å². The largest absolute Gasteiger partial charge is 0.338 e. The molecule has 0 fully saturated rings. The first-order valence-electron chi connectivity index (χ1n) is 6.03. The second kappa shape index (κ2) is 5.16. The molecule has 1 aliphatic heterocycles. The van der Waals surface area contributed by atoms with Crippen molar-refractivity contribution in [1.82, 2.24) is 4.90 Å². The van der Waals surface area contributed by atoms with Gasteiger partial charge in [-0.15, -0.1) is 0 Å². The van der Waals surface area contributed by atoms with Crippen molar-refractivity contribution >= 4 is 5.91 Å². The molecule has 0 saturated carbocycles. The predicted octanol–water partition coefficient (Wildman–Crippen LogP) is 1.80. The molecule has 1 aromatic rings. The van der Waals surface area contributed by atoms with E-state index in [0.29, 0.717) is 19.5 Å². The summed E-state index contributed by atoms with van der Waals surface area (Å²) in [5.41, 5.74) is 2.25. The molecule has 2 rings (SSSR count). The normalized spacial score (nSPS) is 18.3. The highest BCUT2D eigenvalue weighted by atomic mass is 16.6. The van der Waals surface area contributed by atoms with Crippen LogP contribution in [0.15, 0.2) is 24.3 Å². The zero-order chi connectivity index (χ0) is 13.1. The molecule has 1 aromatic carbocycles. The van der Waals surface area contributed by atoms with Crippen molar-refractivity contribution in [3.05, 3.63) is 45.5 Å². The molecule has 1 atom stereocenters. The van der Waals surface area contributed by atoms with Crippen molar-refractivity contribution in [3.8, 4) is 0 Å². The molecular formula is C13H16N2O3. The summed E-state index contributed by atoms with van der Waals surface area (Å²) in [5.74, 6) is 0.0971. The van der Waals surface area contributed by atoms with E-state index in [1.54, 1.807) is 11.8 Å². The molecule has 18 heavy (non-hydrogen) atoms. The third kappa shape index (κ3) is 2.67. The topological polar surface area (TPSA) is 63.5 Å². The standard InChI is InChI=1S/C13H16N2O3/c1-10(16)14-8-11-4-2-3-5-13(11)12(9-14)6-7-15(17)18/h2-5,12H,6-9H2,1H3. The molecule has 1 heterocycles. The molecule has 1 unspecified atom stereocenters. The maximum atomic E-state index is 11.5. The molecule has 0 spiro atoms. The van der Waals surface area contributed by atoms with Gasteiger partial charge in [0.15, 0.2) is 0 Å². The van der Waals surface area contributed by atoms with E-state index < -0.39 is 0 Å². The highest BCUT2D eigenvalue weighted by Crippen LogP contribution is 2.30. The monoisotopic (exact) mass is 248 g/mol. The fourth-order valence-electron chi connectivity index (χ4n) is 2.46.